The molecular formula is C15H21ClN2OS. The number of hydrogen-bond acceptors (Lipinski definition) is 3. The second kappa shape index (κ2) is 7.25. The van der Waals surface area contributed by atoms with Gasteiger partial charge in [-0.3, -0.25) is 0 Å². The van der Waals surface area contributed by atoms with Gasteiger partial charge in [0.2, 0.25) is 0 Å². The van der Waals surface area contributed by atoms with E-state index in [1.165, 1.54) is 32.1 Å². The molecule has 3 nitrogen and oxygen atoms in total. The number of anilines is 1. The number of nitrogens with zero attached hydrogens (tertiary/aromatic N) is 1. The molecule has 0 amide bonds. The number of thiocarbonyl (C=S) groups is 1. The third-order valence-corrected chi connectivity index (χ3v) is 4.44. The largest absolute Gasteiger partial charge is 0.395 e. The Morgan fingerprint density at radius 3 is 2.60 bits per heavy atom. The van der Waals surface area contributed by atoms with Crippen molar-refractivity contribution in [3.63, 3.8) is 0 Å². The van der Waals surface area contributed by atoms with Gasteiger partial charge in [-0.1, -0.05) is 43.1 Å². The van der Waals surface area contributed by atoms with Crippen LogP contribution in [0.25, 0.3) is 0 Å². The molecule has 0 atom stereocenters. The van der Waals surface area contributed by atoms with Crippen molar-refractivity contribution in [1.29, 1.82) is 0 Å². The molecule has 0 unspecified atom stereocenters. The Bertz CT molecular complexity index is 475. The van der Waals surface area contributed by atoms with E-state index in [9.17, 15) is 5.11 Å². The standard InChI is InChI=1S/C15H21ClN2OS/c16-14-10-12(6-7-13(14)15(17)20)18(8-9-19)11-4-2-1-3-5-11/h6-7,10-11,19H,1-5,8-9H2,(H2,17,20). The molecule has 1 fully saturated rings. The maximum atomic E-state index is 9.33. The van der Waals surface area contributed by atoms with Crippen LogP contribution in [-0.4, -0.2) is 29.3 Å². The van der Waals surface area contributed by atoms with Crippen molar-refractivity contribution in [3.8, 4) is 0 Å². The molecule has 0 bridgehead atoms. The predicted octanol–water partition coefficient (Wildman–Crippen LogP) is 3.11. The second-order valence-corrected chi connectivity index (χ2v) is 6.08. The number of nitrogens with two attached hydrogens (primary N) is 1. The lowest BCUT2D eigenvalue weighted by Gasteiger charge is -2.36. The third-order valence-electron chi connectivity index (χ3n) is 3.91. The Morgan fingerprint density at radius 2 is 2.05 bits per heavy atom. The summed E-state index contributed by atoms with van der Waals surface area (Å²) in [6, 6.07) is 6.25. The lowest BCUT2D eigenvalue weighted by molar-refractivity contribution is 0.290. The zero-order valence-corrected chi connectivity index (χ0v) is 13.1. The van der Waals surface area contributed by atoms with Gasteiger partial charge in [-0.2, -0.15) is 0 Å². The number of aliphatic hydroxyl groups excluding tert-OH is 1. The normalized spacial score (nSPS) is 16.1. The summed E-state index contributed by atoms with van der Waals surface area (Å²) in [5.41, 5.74) is 7.38. The molecule has 20 heavy (non-hydrogen) atoms. The summed E-state index contributed by atoms with van der Waals surface area (Å²) in [7, 11) is 0. The van der Waals surface area contributed by atoms with E-state index in [0.717, 1.165) is 5.69 Å². The fraction of sp³-hybridized carbons (Fsp3) is 0.533. The molecule has 0 radical (unpaired) electrons. The van der Waals surface area contributed by atoms with Crippen LogP contribution < -0.4 is 10.6 Å². The van der Waals surface area contributed by atoms with Crippen molar-refractivity contribution in [1.82, 2.24) is 0 Å². The van der Waals surface area contributed by atoms with Crippen LogP contribution in [0.5, 0.6) is 0 Å². The topological polar surface area (TPSA) is 49.5 Å². The van der Waals surface area contributed by atoms with Crippen molar-refractivity contribution < 1.29 is 5.11 Å². The molecule has 110 valence electrons. The Balaban J connectivity index is 2.24. The molecule has 0 spiro atoms. The number of aliphatic hydroxyl groups is 1. The summed E-state index contributed by atoms with van der Waals surface area (Å²) in [4.78, 5) is 2.57. The summed E-state index contributed by atoms with van der Waals surface area (Å²) >= 11 is 11.2. The molecule has 0 aromatic heterocycles. The third kappa shape index (κ3) is 3.62. The van der Waals surface area contributed by atoms with Gasteiger partial charge in [0.25, 0.3) is 0 Å². The van der Waals surface area contributed by atoms with E-state index in [1.54, 1.807) is 0 Å². The zero-order chi connectivity index (χ0) is 14.5. The van der Waals surface area contributed by atoms with Gasteiger partial charge in [0, 0.05) is 23.8 Å². The monoisotopic (exact) mass is 312 g/mol. The van der Waals surface area contributed by atoms with E-state index in [2.05, 4.69) is 4.90 Å². The minimum absolute atomic E-state index is 0.144. The highest BCUT2D eigenvalue weighted by molar-refractivity contribution is 7.80. The van der Waals surface area contributed by atoms with Crippen LogP contribution in [0.15, 0.2) is 18.2 Å². The average Bonchev–Trinajstić information content (AvgIpc) is 2.45. The zero-order valence-electron chi connectivity index (χ0n) is 11.5. The molecule has 1 aliphatic rings. The molecule has 2 rings (SSSR count). The van der Waals surface area contributed by atoms with Gasteiger partial charge in [0.05, 0.1) is 11.6 Å². The minimum atomic E-state index is 0.144. The van der Waals surface area contributed by atoms with Gasteiger partial charge in [-0.15, -0.1) is 0 Å². The summed E-state index contributed by atoms with van der Waals surface area (Å²) < 4.78 is 0. The van der Waals surface area contributed by atoms with E-state index in [1.807, 2.05) is 18.2 Å². The molecule has 1 aliphatic carbocycles. The molecule has 3 N–H and O–H groups in total. The first kappa shape index (κ1) is 15.5. The minimum Gasteiger partial charge on any atom is -0.395 e. The highest BCUT2D eigenvalue weighted by Gasteiger charge is 2.21. The maximum Gasteiger partial charge on any atom is 0.105 e. The van der Waals surface area contributed by atoms with Gasteiger partial charge >= 0.3 is 0 Å². The van der Waals surface area contributed by atoms with E-state index in [4.69, 9.17) is 29.6 Å². The van der Waals surface area contributed by atoms with Crippen molar-refractivity contribution >= 4 is 34.5 Å². The Morgan fingerprint density at radius 1 is 1.35 bits per heavy atom. The lowest BCUT2D eigenvalue weighted by Crippen LogP contribution is -2.38. The van der Waals surface area contributed by atoms with Gasteiger partial charge in [0.15, 0.2) is 0 Å². The van der Waals surface area contributed by atoms with Crippen molar-refractivity contribution in [2.45, 2.75) is 38.1 Å². The maximum absolute atomic E-state index is 9.33. The van der Waals surface area contributed by atoms with E-state index in [0.29, 0.717) is 28.2 Å². The van der Waals surface area contributed by atoms with Crippen molar-refractivity contribution in [2.75, 3.05) is 18.1 Å². The van der Waals surface area contributed by atoms with Crippen LogP contribution in [0.4, 0.5) is 5.69 Å². The fourth-order valence-electron chi connectivity index (χ4n) is 2.91. The molecule has 1 aromatic carbocycles. The van der Waals surface area contributed by atoms with Crippen molar-refractivity contribution in [2.24, 2.45) is 5.73 Å². The van der Waals surface area contributed by atoms with Gasteiger partial charge in [0.1, 0.15) is 4.99 Å². The first-order valence-electron chi connectivity index (χ1n) is 7.10. The summed E-state index contributed by atoms with van der Waals surface area (Å²) in [5.74, 6) is 0. The van der Waals surface area contributed by atoms with Crippen LogP contribution in [0.3, 0.4) is 0 Å². The van der Waals surface area contributed by atoms with E-state index < -0.39 is 0 Å². The molecule has 1 saturated carbocycles. The predicted molar refractivity (Wildman–Crippen MR) is 88.6 cm³/mol. The SMILES string of the molecule is NC(=S)c1ccc(N(CCO)C2CCCCC2)cc1Cl. The summed E-state index contributed by atoms with van der Waals surface area (Å²) in [6.45, 7) is 0.776. The first-order chi connectivity index (χ1) is 9.63. The summed E-state index contributed by atoms with van der Waals surface area (Å²) in [6.07, 6.45) is 6.17. The molecule has 0 aliphatic heterocycles. The first-order valence-corrected chi connectivity index (χ1v) is 7.89. The summed E-state index contributed by atoms with van der Waals surface area (Å²) in [5, 5.41) is 9.90. The van der Waals surface area contributed by atoms with Crippen LogP contribution in [0, 0.1) is 0 Å². The Hall–Kier alpha value is -0.840. The number of rotatable bonds is 5. The van der Waals surface area contributed by atoms with Crippen LogP contribution in [0.1, 0.15) is 37.7 Å². The van der Waals surface area contributed by atoms with Gasteiger partial charge in [-0.05, 0) is 31.0 Å². The van der Waals surface area contributed by atoms with E-state index in [-0.39, 0.29) is 6.61 Å². The molecule has 0 heterocycles. The average molecular weight is 313 g/mol. The highest BCUT2D eigenvalue weighted by atomic mass is 35.5. The van der Waals surface area contributed by atoms with Gasteiger partial charge in [-0.25, -0.2) is 0 Å². The van der Waals surface area contributed by atoms with Crippen LogP contribution >= 0.6 is 23.8 Å². The van der Waals surface area contributed by atoms with Crippen LogP contribution in [0.2, 0.25) is 5.02 Å². The Labute approximate surface area is 130 Å². The van der Waals surface area contributed by atoms with Gasteiger partial charge < -0.3 is 15.7 Å². The number of hydrogen-bond donors (Lipinski definition) is 2. The number of halogens is 1. The van der Waals surface area contributed by atoms with Crippen LogP contribution in [-0.2, 0) is 0 Å². The quantitative estimate of drug-likeness (QED) is 0.820. The smallest absolute Gasteiger partial charge is 0.105 e. The molecule has 5 heteroatoms. The number of benzene rings is 1. The molecular weight excluding hydrogens is 292 g/mol. The van der Waals surface area contributed by atoms with E-state index >= 15 is 0 Å². The Kier molecular flexibility index (Phi) is 5.64. The lowest BCUT2D eigenvalue weighted by atomic mass is 9.93. The molecule has 0 saturated heterocycles. The molecule has 1 aromatic rings. The van der Waals surface area contributed by atoms with Crippen molar-refractivity contribution in [3.05, 3.63) is 28.8 Å². The second-order valence-electron chi connectivity index (χ2n) is 5.24. The fourth-order valence-corrected chi connectivity index (χ4v) is 3.42. The highest BCUT2D eigenvalue weighted by Crippen LogP contribution is 2.30.